The molecule has 0 spiro atoms. The Balaban J connectivity index is 0.000000671. The van der Waals surface area contributed by atoms with Gasteiger partial charge in [-0.3, -0.25) is 9.48 Å². The molecule has 1 N–H and O–H groups in total. The number of hydrogen-bond acceptors (Lipinski definition) is 2. The third-order valence-corrected chi connectivity index (χ3v) is 1.48. The van der Waals surface area contributed by atoms with Crippen LogP contribution in [0.4, 0.5) is 0 Å². The van der Waals surface area contributed by atoms with E-state index in [-0.39, 0.29) is 5.91 Å². The number of nitrogens with zero attached hydrogens (tertiary/aromatic N) is 2. The minimum atomic E-state index is -0.0932. The third-order valence-electron chi connectivity index (χ3n) is 1.48. The predicted molar refractivity (Wildman–Crippen MR) is 52.6 cm³/mol. The zero-order chi connectivity index (χ0) is 10.3. The SMILES string of the molecule is CC.CCn1nccc1C(=O)NC. The van der Waals surface area contributed by atoms with Crippen molar-refractivity contribution in [1.29, 1.82) is 0 Å². The molecule has 0 saturated carbocycles. The van der Waals surface area contributed by atoms with Crippen molar-refractivity contribution >= 4 is 5.91 Å². The second-order valence-electron chi connectivity index (χ2n) is 2.11. The highest BCUT2D eigenvalue weighted by molar-refractivity contribution is 5.92. The van der Waals surface area contributed by atoms with Gasteiger partial charge >= 0.3 is 0 Å². The van der Waals surface area contributed by atoms with Gasteiger partial charge < -0.3 is 5.32 Å². The second-order valence-corrected chi connectivity index (χ2v) is 2.11. The molecule has 1 amide bonds. The smallest absolute Gasteiger partial charge is 0.269 e. The minimum Gasteiger partial charge on any atom is -0.354 e. The van der Waals surface area contributed by atoms with E-state index in [1.165, 1.54) is 0 Å². The molecule has 0 aromatic carbocycles. The van der Waals surface area contributed by atoms with E-state index in [9.17, 15) is 4.79 Å². The quantitative estimate of drug-likeness (QED) is 0.751. The lowest BCUT2D eigenvalue weighted by atomic mass is 10.4. The molecule has 1 rings (SSSR count). The molecule has 1 heterocycles. The van der Waals surface area contributed by atoms with Gasteiger partial charge in [0.2, 0.25) is 0 Å². The van der Waals surface area contributed by atoms with E-state index >= 15 is 0 Å². The molecule has 1 aromatic heterocycles. The van der Waals surface area contributed by atoms with Crippen LogP contribution < -0.4 is 5.32 Å². The molecule has 0 unspecified atom stereocenters. The molecule has 0 fully saturated rings. The summed E-state index contributed by atoms with van der Waals surface area (Å²) < 4.78 is 1.65. The molecule has 13 heavy (non-hydrogen) atoms. The van der Waals surface area contributed by atoms with Crippen molar-refractivity contribution in [1.82, 2.24) is 15.1 Å². The molecule has 0 atom stereocenters. The highest BCUT2D eigenvalue weighted by Gasteiger charge is 2.07. The van der Waals surface area contributed by atoms with Gasteiger partial charge in [0.1, 0.15) is 5.69 Å². The number of aromatic nitrogens is 2. The van der Waals surface area contributed by atoms with Gasteiger partial charge in [-0.2, -0.15) is 5.10 Å². The first-order valence-electron chi connectivity index (χ1n) is 4.53. The first-order chi connectivity index (χ1) is 6.29. The Morgan fingerprint density at radius 1 is 1.62 bits per heavy atom. The average molecular weight is 183 g/mol. The fraction of sp³-hybridized carbons (Fsp3) is 0.556. The molecule has 1 aromatic rings. The fourth-order valence-corrected chi connectivity index (χ4v) is 0.906. The Kier molecular flexibility index (Phi) is 5.59. The summed E-state index contributed by atoms with van der Waals surface area (Å²) in [5, 5.41) is 6.50. The number of aryl methyl sites for hydroxylation is 1. The average Bonchev–Trinajstić information content (AvgIpc) is 2.67. The summed E-state index contributed by atoms with van der Waals surface area (Å²) in [7, 11) is 1.61. The lowest BCUT2D eigenvalue weighted by Crippen LogP contribution is -2.21. The number of nitrogens with one attached hydrogen (secondary N) is 1. The zero-order valence-electron chi connectivity index (χ0n) is 8.66. The zero-order valence-corrected chi connectivity index (χ0v) is 8.66. The van der Waals surface area contributed by atoms with E-state index in [4.69, 9.17) is 0 Å². The Bertz CT molecular complexity index is 255. The first kappa shape index (κ1) is 11.7. The van der Waals surface area contributed by atoms with Crippen LogP contribution in [0.1, 0.15) is 31.3 Å². The van der Waals surface area contributed by atoms with Crippen molar-refractivity contribution in [3.05, 3.63) is 18.0 Å². The number of hydrogen-bond donors (Lipinski definition) is 1. The van der Waals surface area contributed by atoms with Crippen LogP contribution >= 0.6 is 0 Å². The van der Waals surface area contributed by atoms with Gasteiger partial charge in [-0.15, -0.1) is 0 Å². The van der Waals surface area contributed by atoms with Crippen LogP contribution in [0.2, 0.25) is 0 Å². The number of rotatable bonds is 2. The molecule has 0 bridgehead atoms. The predicted octanol–water partition coefficient (Wildman–Crippen LogP) is 1.29. The molecule has 0 saturated heterocycles. The summed E-state index contributed by atoms with van der Waals surface area (Å²) in [5.74, 6) is -0.0932. The van der Waals surface area contributed by atoms with Crippen molar-refractivity contribution in [2.24, 2.45) is 0 Å². The van der Waals surface area contributed by atoms with E-state index < -0.39 is 0 Å². The normalized spacial score (nSPS) is 8.62. The van der Waals surface area contributed by atoms with Gasteiger partial charge in [0, 0.05) is 19.8 Å². The lowest BCUT2D eigenvalue weighted by molar-refractivity contribution is 0.0952. The van der Waals surface area contributed by atoms with E-state index in [1.54, 1.807) is 24.0 Å². The highest BCUT2D eigenvalue weighted by atomic mass is 16.1. The molecule has 0 radical (unpaired) electrons. The molecular formula is C9H17N3O. The van der Waals surface area contributed by atoms with Gasteiger partial charge in [0.05, 0.1) is 0 Å². The maximum Gasteiger partial charge on any atom is 0.269 e. The van der Waals surface area contributed by atoms with Crippen molar-refractivity contribution in [3.8, 4) is 0 Å². The van der Waals surface area contributed by atoms with Gasteiger partial charge in [-0.25, -0.2) is 0 Å². The molecule has 0 aliphatic carbocycles. The van der Waals surface area contributed by atoms with Crippen LogP contribution in [-0.2, 0) is 6.54 Å². The number of carbonyl (C=O) groups is 1. The standard InChI is InChI=1S/C7H11N3O.C2H6/c1-3-10-6(4-5-9-10)7(11)8-2;1-2/h4-5H,3H2,1-2H3,(H,8,11);1-2H3. The number of amides is 1. The largest absolute Gasteiger partial charge is 0.354 e. The number of carbonyl (C=O) groups excluding carboxylic acids is 1. The molecule has 4 heteroatoms. The van der Waals surface area contributed by atoms with E-state index in [1.807, 2.05) is 20.8 Å². The van der Waals surface area contributed by atoms with E-state index in [0.29, 0.717) is 5.69 Å². The summed E-state index contributed by atoms with van der Waals surface area (Å²) in [6, 6.07) is 1.70. The van der Waals surface area contributed by atoms with Crippen LogP contribution in [0, 0.1) is 0 Å². The molecule has 0 aliphatic rings. The van der Waals surface area contributed by atoms with Gasteiger partial charge in [0.15, 0.2) is 0 Å². The van der Waals surface area contributed by atoms with Crippen molar-refractivity contribution in [3.63, 3.8) is 0 Å². The first-order valence-corrected chi connectivity index (χ1v) is 4.53. The summed E-state index contributed by atoms with van der Waals surface area (Å²) in [4.78, 5) is 11.1. The van der Waals surface area contributed by atoms with Crippen LogP contribution in [0.15, 0.2) is 12.3 Å². The summed E-state index contributed by atoms with van der Waals surface area (Å²) in [6.45, 7) is 6.66. The molecular weight excluding hydrogens is 166 g/mol. The minimum absolute atomic E-state index is 0.0932. The maximum absolute atomic E-state index is 11.1. The Morgan fingerprint density at radius 2 is 2.23 bits per heavy atom. The second kappa shape index (κ2) is 6.22. The van der Waals surface area contributed by atoms with Gasteiger partial charge in [0.25, 0.3) is 5.91 Å². The lowest BCUT2D eigenvalue weighted by Gasteiger charge is -2.01. The molecule has 74 valence electrons. The monoisotopic (exact) mass is 183 g/mol. The van der Waals surface area contributed by atoms with Crippen LogP contribution in [0.25, 0.3) is 0 Å². The van der Waals surface area contributed by atoms with Gasteiger partial charge in [-0.05, 0) is 13.0 Å². The summed E-state index contributed by atoms with van der Waals surface area (Å²) in [5.41, 5.74) is 0.606. The van der Waals surface area contributed by atoms with Crippen LogP contribution in [0.3, 0.4) is 0 Å². The van der Waals surface area contributed by atoms with Crippen molar-refractivity contribution in [2.45, 2.75) is 27.3 Å². The van der Waals surface area contributed by atoms with Crippen LogP contribution in [0.5, 0.6) is 0 Å². The van der Waals surface area contributed by atoms with Crippen LogP contribution in [-0.4, -0.2) is 22.7 Å². The topological polar surface area (TPSA) is 46.9 Å². The van der Waals surface area contributed by atoms with Crippen molar-refractivity contribution < 1.29 is 4.79 Å². The molecule has 4 nitrogen and oxygen atoms in total. The van der Waals surface area contributed by atoms with E-state index in [0.717, 1.165) is 6.54 Å². The fourth-order valence-electron chi connectivity index (χ4n) is 0.906. The van der Waals surface area contributed by atoms with Crippen molar-refractivity contribution in [2.75, 3.05) is 7.05 Å². The van der Waals surface area contributed by atoms with E-state index in [2.05, 4.69) is 10.4 Å². The summed E-state index contributed by atoms with van der Waals surface area (Å²) >= 11 is 0. The highest BCUT2D eigenvalue weighted by Crippen LogP contribution is 1.97. The molecule has 0 aliphatic heterocycles. The third kappa shape index (κ3) is 2.89. The summed E-state index contributed by atoms with van der Waals surface area (Å²) in [6.07, 6.45) is 1.62. The van der Waals surface area contributed by atoms with Gasteiger partial charge in [-0.1, -0.05) is 13.8 Å². The Labute approximate surface area is 78.9 Å². The Hall–Kier alpha value is -1.32. The maximum atomic E-state index is 11.1. The Morgan fingerprint density at radius 3 is 2.69 bits per heavy atom.